The van der Waals surface area contributed by atoms with Crippen LogP contribution in [0.3, 0.4) is 0 Å². The molecule has 1 atom stereocenters. The van der Waals surface area contributed by atoms with E-state index >= 15 is 0 Å². The number of hydroxylamine groups is 2. The van der Waals surface area contributed by atoms with E-state index < -0.39 is 36.0 Å². The summed E-state index contributed by atoms with van der Waals surface area (Å²) in [5.74, 6) is -4.64. The van der Waals surface area contributed by atoms with E-state index in [2.05, 4.69) is 15.1 Å². The molecule has 1 heterocycles. The van der Waals surface area contributed by atoms with Crippen molar-refractivity contribution in [1.29, 1.82) is 0 Å². The van der Waals surface area contributed by atoms with Gasteiger partial charge in [-0.2, -0.15) is 18.2 Å². The number of rotatable bonds is 12. The summed E-state index contributed by atoms with van der Waals surface area (Å²) in [5.41, 5.74) is 11.2. The largest absolute Gasteiger partial charge is 0.493 e. The van der Waals surface area contributed by atoms with E-state index in [0.29, 0.717) is 29.3 Å². The summed E-state index contributed by atoms with van der Waals surface area (Å²) in [6.45, 7) is -0.615. The molecule has 0 saturated carbocycles. The number of alkyl halides is 3. The highest BCUT2D eigenvalue weighted by atomic mass is 19.4. The second-order valence-electron chi connectivity index (χ2n) is 9.25. The van der Waals surface area contributed by atoms with E-state index in [1.807, 2.05) is 30.3 Å². The summed E-state index contributed by atoms with van der Waals surface area (Å²) in [5, 5.41) is 3.61. The number of nitrogens with one attached hydrogen (secondary N) is 1. The Morgan fingerprint density at radius 3 is 2.33 bits per heavy atom. The van der Waals surface area contributed by atoms with Gasteiger partial charge in [-0.3, -0.25) is 14.6 Å². The highest BCUT2D eigenvalue weighted by Gasteiger charge is 2.52. The summed E-state index contributed by atoms with van der Waals surface area (Å²) in [4.78, 5) is 47.7. The molecule has 0 saturated heterocycles. The molecule has 0 radical (unpaired) electrons. The molecule has 0 aliphatic rings. The number of fused-ring (bicyclic) bond motifs is 1. The number of carbonyl (C=O) groups excluding carboxylic acids is 3. The molecule has 0 fully saturated rings. The van der Waals surface area contributed by atoms with Crippen molar-refractivity contribution in [2.24, 2.45) is 11.5 Å². The van der Waals surface area contributed by atoms with E-state index in [1.54, 1.807) is 30.3 Å². The Bertz CT molecular complexity index is 1310. The van der Waals surface area contributed by atoms with Crippen LogP contribution in [-0.2, 0) is 32.1 Å². The van der Waals surface area contributed by atoms with Crippen LogP contribution in [0.5, 0.6) is 0 Å². The molecular formula is C28H32F3N5O4. The van der Waals surface area contributed by atoms with Crippen molar-refractivity contribution in [2.45, 2.75) is 43.8 Å². The third-order valence-electron chi connectivity index (χ3n) is 6.33. The standard InChI is InChI=1S/C28H32F3N5O4/c29-28(30,31)26(39)40-36(24(37)18-33)27(13-7-14-32,17-21-16-22-11-4-5-12-23(22)35-19-21)25(38)34-15-6-10-20-8-2-1-3-9-20/h1-5,8-9,11-12,16,19H,6-7,10,13-15,17-18,32-33H2,(H,34,38)/t27-/m1/s1. The fraction of sp³-hybridized carbons (Fsp3) is 0.357. The lowest BCUT2D eigenvalue weighted by molar-refractivity contribution is -0.253. The van der Waals surface area contributed by atoms with Gasteiger partial charge in [-0.05, 0) is 55.5 Å². The van der Waals surface area contributed by atoms with Crippen LogP contribution in [0.2, 0.25) is 0 Å². The minimum atomic E-state index is -5.43. The van der Waals surface area contributed by atoms with Crippen LogP contribution in [0.4, 0.5) is 13.2 Å². The summed E-state index contributed by atoms with van der Waals surface area (Å²) in [7, 11) is 0. The van der Waals surface area contributed by atoms with E-state index in [1.165, 1.54) is 6.20 Å². The van der Waals surface area contributed by atoms with Crippen LogP contribution in [0, 0.1) is 0 Å². The molecule has 0 aliphatic heterocycles. The molecule has 0 bridgehead atoms. The first-order chi connectivity index (χ1) is 19.1. The van der Waals surface area contributed by atoms with E-state index in [9.17, 15) is 27.6 Å². The van der Waals surface area contributed by atoms with E-state index in [-0.39, 0.29) is 37.4 Å². The Labute approximate surface area is 229 Å². The third kappa shape index (κ3) is 7.76. The van der Waals surface area contributed by atoms with Gasteiger partial charge in [-0.15, -0.1) is 0 Å². The van der Waals surface area contributed by atoms with Gasteiger partial charge in [0.2, 0.25) is 5.91 Å². The van der Waals surface area contributed by atoms with Crippen LogP contribution in [0.25, 0.3) is 10.9 Å². The molecule has 9 nitrogen and oxygen atoms in total. The Morgan fingerprint density at radius 1 is 0.950 bits per heavy atom. The van der Waals surface area contributed by atoms with E-state index in [4.69, 9.17) is 11.5 Å². The smallest absolute Gasteiger partial charge is 0.354 e. The second kappa shape index (κ2) is 13.9. The van der Waals surface area contributed by atoms with Gasteiger partial charge in [0.25, 0.3) is 5.91 Å². The molecule has 214 valence electrons. The molecule has 1 aromatic heterocycles. The maximum Gasteiger partial charge on any atom is 0.493 e. The number of hydrogen-bond donors (Lipinski definition) is 3. The average molecular weight is 560 g/mol. The molecule has 40 heavy (non-hydrogen) atoms. The zero-order valence-corrected chi connectivity index (χ0v) is 21.8. The number of carbonyl (C=O) groups is 3. The monoisotopic (exact) mass is 559 g/mol. The summed E-state index contributed by atoms with van der Waals surface area (Å²) in [6.07, 6.45) is -3.24. The van der Waals surface area contributed by atoms with Gasteiger partial charge in [0.15, 0.2) is 5.54 Å². The number of pyridine rings is 1. The molecule has 5 N–H and O–H groups in total. The van der Waals surface area contributed by atoms with Gasteiger partial charge >= 0.3 is 12.1 Å². The maximum atomic E-state index is 13.9. The van der Waals surface area contributed by atoms with Gasteiger partial charge in [-0.25, -0.2) is 4.79 Å². The number of hydrogen-bond acceptors (Lipinski definition) is 7. The summed E-state index contributed by atoms with van der Waals surface area (Å²) in [6, 6.07) is 18.3. The SMILES string of the molecule is NCCC[C@@](Cc1cnc2ccccc2c1)(C(=O)NCCCc1ccccc1)N(OC(=O)C(F)(F)F)C(=O)CN. The highest BCUT2D eigenvalue weighted by Crippen LogP contribution is 2.31. The first-order valence-corrected chi connectivity index (χ1v) is 12.8. The van der Waals surface area contributed by atoms with Crippen molar-refractivity contribution >= 4 is 28.7 Å². The molecule has 3 aromatic rings. The minimum Gasteiger partial charge on any atom is -0.354 e. The van der Waals surface area contributed by atoms with Crippen LogP contribution >= 0.6 is 0 Å². The zero-order valence-electron chi connectivity index (χ0n) is 21.8. The molecule has 3 rings (SSSR count). The summed E-state index contributed by atoms with van der Waals surface area (Å²) < 4.78 is 39.8. The Kier molecular flexibility index (Phi) is 10.6. The Morgan fingerprint density at radius 2 is 1.65 bits per heavy atom. The number of halogens is 3. The van der Waals surface area contributed by atoms with Crippen LogP contribution < -0.4 is 16.8 Å². The summed E-state index contributed by atoms with van der Waals surface area (Å²) >= 11 is 0. The Balaban J connectivity index is 2.01. The lowest BCUT2D eigenvalue weighted by atomic mass is 9.84. The van der Waals surface area contributed by atoms with Gasteiger partial charge in [-0.1, -0.05) is 48.5 Å². The van der Waals surface area contributed by atoms with Gasteiger partial charge in [0.1, 0.15) is 0 Å². The van der Waals surface area contributed by atoms with Gasteiger partial charge in [0.05, 0.1) is 12.1 Å². The van der Waals surface area contributed by atoms with Crippen LogP contribution in [0.15, 0.2) is 66.9 Å². The predicted molar refractivity (Wildman–Crippen MR) is 142 cm³/mol. The number of aromatic nitrogens is 1. The number of amides is 2. The molecule has 2 amide bonds. The lowest BCUT2D eigenvalue weighted by Gasteiger charge is -2.40. The maximum absolute atomic E-state index is 13.9. The fourth-order valence-corrected chi connectivity index (χ4v) is 4.39. The predicted octanol–water partition coefficient (Wildman–Crippen LogP) is 2.81. The quantitative estimate of drug-likeness (QED) is 0.229. The van der Waals surface area contributed by atoms with Crippen LogP contribution in [0.1, 0.15) is 30.4 Å². The van der Waals surface area contributed by atoms with Crippen molar-refractivity contribution in [3.63, 3.8) is 0 Å². The third-order valence-corrected chi connectivity index (χ3v) is 6.33. The van der Waals surface area contributed by atoms with Crippen molar-refractivity contribution in [3.05, 3.63) is 78.0 Å². The molecular weight excluding hydrogens is 527 g/mol. The van der Waals surface area contributed by atoms with E-state index in [0.717, 1.165) is 5.56 Å². The molecule has 12 heteroatoms. The first-order valence-electron chi connectivity index (χ1n) is 12.8. The van der Waals surface area contributed by atoms with Crippen molar-refractivity contribution < 1.29 is 32.4 Å². The molecule has 0 unspecified atom stereocenters. The minimum absolute atomic E-state index is 0.0525. The Hall–Kier alpha value is -4.03. The normalized spacial score (nSPS) is 12.9. The van der Waals surface area contributed by atoms with Gasteiger partial charge < -0.3 is 21.6 Å². The van der Waals surface area contributed by atoms with Crippen molar-refractivity contribution in [1.82, 2.24) is 15.4 Å². The number of benzene rings is 2. The molecule has 0 aliphatic carbocycles. The van der Waals surface area contributed by atoms with Crippen LogP contribution in [-0.4, -0.2) is 59.2 Å². The highest BCUT2D eigenvalue weighted by molar-refractivity contribution is 5.93. The molecule has 0 spiro atoms. The number of nitrogens with zero attached hydrogens (tertiary/aromatic N) is 2. The fourth-order valence-electron chi connectivity index (χ4n) is 4.39. The first kappa shape index (κ1) is 30.5. The zero-order chi connectivity index (χ0) is 29.2. The second-order valence-corrected chi connectivity index (χ2v) is 9.25. The molecule has 2 aromatic carbocycles. The average Bonchev–Trinajstić information content (AvgIpc) is 2.95. The van der Waals surface area contributed by atoms with Crippen molar-refractivity contribution in [2.75, 3.05) is 19.6 Å². The lowest BCUT2D eigenvalue weighted by Crippen LogP contribution is -2.64. The number of nitrogens with two attached hydrogens (primary N) is 2. The number of aryl methyl sites for hydroxylation is 1. The van der Waals surface area contributed by atoms with Crippen molar-refractivity contribution in [3.8, 4) is 0 Å². The topological polar surface area (TPSA) is 141 Å². The number of para-hydroxylation sites is 1. The van der Waals surface area contributed by atoms with Gasteiger partial charge in [0, 0.05) is 24.5 Å².